The van der Waals surface area contributed by atoms with Gasteiger partial charge in [0.25, 0.3) is 0 Å². The Kier molecular flexibility index (Phi) is 3.85. The molecular formula is C9H12ClN3O. The molecule has 1 heterocycles. The van der Waals surface area contributed by atoms with Crippen molar-refractivity contribution < 1.29 is 4.79 Å². The van der Waals surface area contributed by atoms with Crippen molar-refractivity contribution in [2.24, 2.45) is 0 Å². The number of carbonyl (C=O) groups excluding carboxylic acids is 1. The Bertz CT molecular complexity index is 312. The number of rotatable bonds is 3. The lowest BCUT2D eigenvalue weighted by Gasteiger charge is -2.10. The second-order valence-electron chi connectivity index (χ2n) is 2.87. The smallest absolute Gasteiger partial charge is 0.241 e. The van der Waals surface area contributed by atoms with Crippen LogP contribution in [0.2, 0.25) is 5.15 Å². The Labute approximate surface area is 87.7 Å². The van der Waals surface area contributed by atoms with Crippen molar-refractivity contribution in [2.75, 3.05) is 12.4 Å². The van der Waals surface area contributed by atoms with Crippen molar-refractivity contribution in [3.8, 4) is 0 Å². The molecule has 0 aliphatic carbocycles. The maximum atomic E-state index is 11.4. The van der Waals surface area contributed by atoms with Gasteiger partial charge in [0.1, 0.15) is 5.15 Å². The van der Waals surface area contributed by atoms with E-state index in [1.807, 2.05) is 0 Å². The van der Waals surface area contributed by atoms with E-state index in [2.05, 4.69) is 15.6 Å². The van der Waals surface area contributed by atoms with Gasteiger partial charge in [-0.1, -0.05) is 11.6 Å². The molecule has 0 saturated heterocycles. The van der Waals surface area contributed by atoms with Crippen LogP contribution in [-0.4, -0.2) is 24.0 Å². The second kappa shape index (κ2) is 4.93. The summed E-state index contributed by atoms with van der Waals surface area (Å²) in [5, 5.41) is 5.94. The standard InChI is InChI=1S/C9H12ClN3O/c1-6(11-2)9(14)13-7-3-4-8(10)12-5-7/h3-6,11H,1-2H3,(H,13,14)/t6-/m0/s1. The molecule has 0 aliphatic heterocycles. The quantitative estimate of drug-likeness (QED) is 0.744. The number of nitrogens with zero attached hydrogens (tertiary/aromatic N) is 1. The molecule has 0 fully saturated rings. The molecule has 1 aromatic rings. The first kappa shape index (κ1) is 10.9. The van der Waals surface area contributed by atoms with Crippen LogP contribution in [-0.2, 0) is 4.79 Å². The molecule has 4 nitrogen and oxygen atoms in total. The fourth-order valence-electron chi connectivity index (χ4n) is 0.831. The maximum Gasteiger partial charge on any atom is 0.241 e. The Morgan fingerprint density at radius 3 is 2.79 bits per heavy atom. The van der Waals surface area contributed by atoms with Crippen LogP contribution in [0.3, 0.4) is 0 Å². The van der Waals surface area contributed by atoms with Crippen molar-refractivity contribution >= 4 is 23.2 Å². The number of anilines is 1. The van der Waals surface area contributed by atoms with Gasteiger partial charge in [0.15, 0.2) is 0 Å². The van der Waals surface area contributed by atoms with E-state index in [-0.39, 0.29) is 11.9 Å². The highest BCUT2D eigenvalue weighted by atomic mass is 35.5. The minimum atomic E-state index is -0.231. The first-order chi connectivity index (χ1) is 6.63. The molecule has 2 N–H and O–H groups in total. The van der Waals surface area contributed by atoms with Gasteiger partial charge in [-0.05, 0) is 26.1 Å². The minimum absolute atomic E-state index is 0.100. The summed E-state index contributed by atoms with van der Waals surface area (Å²) < 4.78 is 0. The third-order valence-corrected chi connectivity index (χ3v) is 2.04. The van der Waals surface area contributed by atoms with Gasteiger partial charge in [-0.25, -0.2) is 4.98 Å². The van der Waals surface area contributed by atoms with Gasteiger partial charge in [-0.2, -0.15) is 0 Å². The average molecular weight is 214 g/mol. The summed E-state index contributed by atoms with van der Waals surface area (Å²) in [4.78, 5) is 15.2. The molecule has 1 atom stereocenters. The molecule has 0 aromatic carbocycles. The van der Waals surface area contributed by atoms with E-state index >= 15 is 0 Å². The monoisotopic (exact) mass is 213 g/mol. The molecule has 0 bridgehead atoms. The van der Waals surface area contributed by atoms with Crippen molar-refractivity contribution in [2.45, 2.75) is 13.0 Å². The topological polar surface area (TPSA) is 54.0 Å². The predicted molar refractivity (Wildman–Crippen MR) is 56.4 cm³/mol. The van der Waals surface area contributed by atoms with E-state index in [0.29, 0.717) is 10.8 Å². The lowest BCUT2D eigenvalue weighted by Crippen LogP contribution is -2.35. The minimum Gasteiger partial charge on any atom is -0.323 e. The fraction of sp³-hybridized carbons (Fsp3) is 0.333. The first-order valence-corrected chi connectivity index (χ1v) is 4.61. The van der Waals surface area contributed by atoms with Crippen molar-refractivity contribution in [3.63, 3.8) is 0 Å². The van der Waals surface area contributed by atoms with Gasteiger partial charge in [-0.3, -0.25) is 4.79 Å². The van der Waals surface area contributed by atoms with Crippen LogP contribution in [0, 0.1) is 0 Å². The maximum absolute atomic E-state index is 11.4. The molecular weight excluding hydrogens is 202 g/mol. The molecule has 0 aliphatic rings. The highest BCUT2D eigenvalue weighted by Gasteiger charge is 2.09. The van der Waals surface area contributed by atoms with E-state index in [4.69, 9.17) is 11.6 Å². The van der Waals surface area contributed by atoms with Crippen LogP contribution in [0.15, 0.2) is 18.3 Å². The normalized spacial score (nSPS) is 12.2. The Balaban J connectivity index is 2.60. The molecule has 1 rings (SSSR count). The second-order valence-corrected chi connectivity index (χ2v) is 3.26. The Morgan fingerprint density at radius 1 is 1.57 bits per heavy atom. The molecule has 14 heavy (non-hydrogen) atoms. The lowest BCUT2D eigenvalue weighted by molar-refractivity contribution is -0.117. The fourth-order valence-corrected chi connectivity index (χ4v) is 0.943. The largest absolute Gasteiger partial charge is 0.323 e. The van der Waals surface area contributed by atoms with Crippen molar-refractivity contribution in [1.29, 1.82) is 0 Å². The zero-order valence-electron chi connectivity index (χ0n) is 8.04. The number of nitrogens with one attached hydrogen (secondary N) is 2. The van der Waals surface area contributed by atoms with Gasteiger partial charge in [0, 0.05) is 0 Å². The molecule has 0 radical (unpaired) electrons. The lowest BCUT2D eigenvalue weighted by atomic mass is 10.3. The van der Waals surface area contributed by atoms with Gasteiger partial charge in [0.2, 0.25) is 5.91 Å². The van der Waals surface area contributed by atoms with Crippen LogP contribution in [0.5, 0.6) is 0 Å². The molecule has 0 unspecified atom stereocenters. The van der Waals surface area contributed by atoms with Gasteiger partial charge < -0.3 is 10.6 Å². The summed E-state index contributed by atoms with van der Waals surface area (Å²) in [5.41, 5.74) is 0.640. The summed E-state index contributed by atoms with van der Waals surface area (Å²) >= 11 is 5.60. The Morgan fingerprint density at radius 2 is 2.29 bits per heavy atom. The van der Waals surface area contributed by atoms with Crippen molar-refractivity contribution in [1.82, 2.24) is 10.3 Å². The van der Waals surface area contributed by atoms with Gasteiger partial charge in [-0.15, -0.1) is 0 Å². The highest BCUT2D eigenvalue weighted by molar-refractivity contribution is 6.29. The number of likely N-dealkylation sites (N-methyl/N-ethyl adjacent to an activating group) is 1. The van der Waals surface area contributed by atoms with Crippen LogP contribution in [0.25, 0.3) is 0 Å². The molecule has 1 amide bonds. The number of halogens is 1. The van der Waals surface area contributed by atoms with Gasteiger partial charge in [0.05, 0.1) is 17.9 Å². The summed E-state index contributed by atoms with van der Waals surface area (Å²) in [6.07, 6.45) is 1.52. The third-order valence-electron chi connectivity index (χ3n) is 1.82. The number of hydrogen-bond acceptors (Lipinski definition) is 3. The van der Waals surface area contributed by atoms with Crippen LogP contribution >= 0.6 is 11.6 Å². The van der Waals surface area contributed by atoms with E-state index in [9.17, 15) is 4.79 Å². The highest BCUT2D eigenvalue weighted by Crippen LogP contribution is 2.09. The van der Waals surface area contributed by atoms with E-state index in [1.165, 1.54) is 6.20 Å². The van der Waals surface area contributed by atoms with Crippen LogP contribution < -0.4 is 10.6 Å². The molecule has 1 aromatic heterocycles. The van der Waals surface area contributed by atoms with E-state index in [0.717, 1.165) is 0 Å². The van der Waals surface area contributed by atoms with Gasteiger partial charge >= 0.3 is 0 Å². The van der Waals surface area contributed by atoms with E-state index < -0.39 is 0 Å². The SMILES string of the molecule is CN[C@@H](C)C(=O)Nc1ccc(Cl)nc1. The Hall–Kier alpha value is -1.13. The number of aromatic nitrogens is 1. The first-order valence-electron chi connectivity index (χ1n) is 4.23. The predicted octanol–water partition coefficient (Wildman–Crippen LogP) is 1.28. The molecule has 76 valence electrons. The van der Waals surface area contributed by atoms with Crippen LogP contribution in [0.4, 0.5) is 5.69 Å². The number of carbonyl (C=O) groups is 1. The average Bonchev–Trinajstić information content (AvgIpc) is 2.20. The van der Waals surface area contributed by atoms with Crippen LogP contribution in [0.1, 0.15) is 6.92 Å². The summed E-state index contributed by atoms with van der Waals surface area (Å²) in [5.74, 6) is -0.100. The summed E-state index contributed by atoms with van der Waals surface area (Å²) in [6, 6.07) is 3.10. The zero-order chi connectivity index (χ0) is 10.6. The number of amides is 1. The molecule has 5 heteroatoms. The number of pyridine rings is 1. The molecule has 0 spiro atoms. The zero-order valence-corrected chi connectivity index (χ0v) is 8.80. The summed E-state index contributed by atoms with van der Waals surface area (Å²) in [6.45, 7) is 1.78. The van der Waals surface area contributed by atoms with Crippen molar-refractivity contribution in [3.05, 3.63) is 23.5 Å². The summed E-state index contributed by atoms with van der Waals surface area (Å²) in [7, 11) is 1.73. The molecule has 0 saturated carbocycles. The third kappa shape index (κ3) is 2.97. The van der Waals surface area contributed by atoms with E-state index in [1.54, 1.807) is 26.1 Å². The number of hydrogen-bond donors (Lipinski definition) is 2.